The van der Waals surface area contributed by atoms with Crippen molar-refractivity contribution >= 4 is 11.5 Å². The molecular formula is C13H22N4O3. The molecule has 1 N–H and O–H groups in total. The van der Waals surface area contributed by atoms with Crippen LogP contribution in [0.2, 0.25) is 0 Å². The maximum absolute atomic E-state index is 11.1. The van der Waals surface area contributed by atoms with Gasteiger partial charge in [0.05, 0.1) is 4.92 Å². The monoisotopic (exact) mass is 282 g/mol. The first kappa shape index (κ1) is 14.8. The highest BCUT2D eigenvalue weighted by atomic mass is 16.6. The van der Waals surface area contributed by atoms with Gasteiger partial charge < -0.3 is 10.1 Å². The lowest BCUT2D eigenvalue weighted by molar-refractivity contribution is -0.384. The summed E-state index contributed by atoms with van der Waals surface area (Å²) in [6.45, 7) is 6.38. The molecule has 0 aromatic carbocycles. The Balaban J connectivity index is 1.82. The number of anilines is 1. The lowest BCUT2D eigenvalue weighted by atomic mass is 10.3. The van der Waals surface area contributed by atoms with Crippen LogP contribution >= 0.6 is 0 Å². The molecule has 0 amide bonds. The SMILES string of the molecule is CCn1nc(C)c([N+](=O)[O-])c1NCCCOCC1CC1. The molecule has 1 aliphatic carbocycles. The number of hydrogen-bond donors (Lipinski definition) is 1. The van der Waals surface area contributed by atoms with E-state index in [2.05, 4.69) is 10.4 Å². The van der Waals surface area contributed by atoms with Crippen LogP contribution in [0.3, 0.4) is 0 Å². The largest absolute Gasteiger partial charge is 0.381 e. The quantitative estimate of drug-likeness (QED) is 0.427. The molecule has 7 heteroatoms. The summed E-state index contributed by atoms with van der Waals surface area (Å²) in [4.78, 5) is 10.7. The first-order valence-corrected chi connectivity index (χ1v) is 7.16. The molecule has 1 fully saturated rings. The molecule has 0 spiro atoms. The van der Waals surface area contributed by atoms with Gasteiger partial charge in [-0.15, -0.1) is 0 Å². The fourth-order valence-electron chi connectivity index (χ4n) is 2.11. The second-order valence-electron chi connectivity index (χ2n) is 5.15. The van der Waals surface area contributed by atoms with Crippen molar-refractivity contribution in [1.29, 1.82) is 0 Å². The standard InChI is InChI=1S/C13H22N4O3/c1-3-16-13(12(17(18)19)10(2)15-16)14-7-4-8-20-9-11-5-6-11/h11,14H,3-9H2,1-2H3. The van der Waals surface area contributed by atoms with E-state index >= 15 is 0 Å². The predicted octanol–water partition coefficient (Wildman–Crippen LogP) is 2.35. The number of hydrogen-bond acceptors (Lipinski definition) is 5. The fourth-order valence-corrected chi connectivity index (χ4v) is 2.11. The molecule has 0 radical (unpaired) electrons. The minimum absolute atomic E-state index is 0.0748. The van der Waals surface area contributed by atoms with E-state index in [0.29, 0.717) is 31.2 Å². The number of rotatable bonds is 9. The molecule has 112 valence electrons. The van der Waals surface area contributed by atoms with E-state index in [4.69, 9.17) is 4.74 Å². The number of aromatic nitrogens is 2. The lowest BCUT2D eigenvalue weighted by Crippen LogP contribution is -2.11. The smallest absolute Gasteiger partial charge is 0.333 e. The summed E-state index contributed by atoms with van der Waals surface area (Å²) < 4.78 is 7.18. The molecule has 20 heavy (non-hydrogen) atoms. The number of nitro groups is 1. The third-order valence-corrected chi connectivity index (χ3v) is 3.39. The molecule has 0 atom stereocenters. The minimum Gasteiger partial charge on any atom is -0.381 e. The maximum Gasteiger partial charge on any atom is 0.333 e. The van der Waals surface area contributed by atoms with Crippen LogP contribution in [0, 0.1) is 23.0 Å². The van der Waals surface area contributed by atoms with Crippen LogP contribution in [0.25, 0.3) is 0 Å². The van der Waals surface area contributed by atoms with Crippen molar-refractivity contribution < 1.29 is 9.66 Å². The molecule has 7 nitrogen and oxygen atoms in total. The predicted molar refractivity (Wildman–Crippen MR) is 75.9 cm³/mol. The Hall–Kier alpha value is -1.63. The molecule has 1 aromatic rings. The molecule has 1 saturated carbocycles. The zero-order valence-corrected chi connectivity index (χ0v) is 12.1. The summed E-state index contributed by atoms with van der Waals surface area (Å²) in [7, 11) is 0. The van der Waals surface area contributed by atoms with Crippen LogP contribution < -0.4 is 5.32 Å². The highest BCUT2D eigenvalue weighted by molar-refractivity contribution is 5.59. The van der Waals surface area contributed by atoms with Crippen molar-refractivity contribution in [2.75, 3.05) is 25.1 Å². The number of nitrogens with one attached hydrogen (secondary N) is 1. The van der Waals surface area contributed by atoms with Crippen LogP contribution in [0.1, 0.15) is 31.9 Å². The fraction of sp³-hybridized carbons (Fsp3) is 0.769. The summed E-state index contributed by atoms with van der Waals surface area (Å²) >= 11 is 0. The van der Waals surface area contributed by atoms with Crippen molar-refractivity contribution in [3.05, 3.63) is 15.8 Å². The van der Waals surface area contributed by atoms with Gasteiger partial charge in [0.2, 0.25) is 5.82 Å². The van der Waals surface area contributed by atoms with Gasteiger partial charge in [0.1, 0.15) is 5.69 Å². The minimum atomic E-state index is -0.375. The Bertz CT molecular complexity index is 468. The van der Waals surface area contributed by atoms with Gasteiger partial charge >= 0.3 is 5.69 Å². The Morgan fingerprint density at radius 1 is 1.55 bits per heavy atom. The van der Waals surface area contributed by atoms with Crippen LogP contribution in [-0.4, -0.2) is 34.5 Å². The zero-order chi connectivity index (χ0) is 14.5. The normalized spacial score (nSPS) is 14.5. The van der Waals surface area contributed by atoms with Crippen molar-refractivity contribution in [1.82, 2.24) is 9.78 Å². The third kappa shape index (κ3) is 3.69. The van der Waals surface area contributed by atoms with E-state index in [9.17, 15) is 10.1 Å². The van der Waals surface area contributed by atoms with Crippen LogP contribution in [0.15, 0.2) is 0 Å². The van der Waals surface area contributed by atoms with E-state index in [1.54, 1.807) is 11.6 Å². The lowest BCUT2D eigenvalue weighted by Gasteiger charge is -2.08. The van der Waals surface area contributed by atoms with Gasteiger partial charge in [0, 0.05) is 26.3 Å². The van der Waals surface area contributed by atoms with Gasteiger partial charge in [-0.25, -0.2) is 4.68 Å². The van der Waals surface area contributed by atoms with E-state index in [1.807, 2.05) is 6.92 Å². The Morgan fingerprint density at radius 3 is 2.90 bits per heavy atom. The average molecular weight is 282 g/mol. The van der Waals surface area contributed by atoms with E-state index in [1.165, 1.54) is 12.8 Å². The van der Waals surface area contributed by atoms with Gasteiger partial charge in [0.25, 0.3) is 0 Å². The van der Waals surface area contributed by atoms with Crippen LogP contribution in [0.4, 0.5) is 11.5 Å². The molecule has 0 saturated heterocycles. The number of aryl methyl sites for hydroxylation is 2. The molecule has 0 aliphatic heterocycles. The Labute approximate surface area is 118 Å². The summed E-state index contributed by atoms with van der Waals surface area (Å²) in [6, 6.07) is 0. The topological polar surface area (TPSA) is 82.2 Å². The maximum atomic E-state index is 11.1. The van der Waals surface area contributed by atoms with Crippen molar-refractivity contribution in [3.8, 4) is 0 Å². The van der Waals surface area contributed by atoms with E-state index < -0.39 is 0 Å². The summed E-state index contributed by atoms with van der Waals surface area (Å²) in [5.41, 5.74) is 0.523. The first-order chi connectivity index (χ1) is 9.63. The third-order valence-electron chi connectivity index (χ3n) is 3.39. The average Bonchev–Trinajstić information content (AvgIpc) is 3.16. The summed E-state index contributed by atoms with van der Waals surface area (Å²) in [6.07, 6.45) is 3.41. The van der Waals surface area contributed by atoms with Crippen LogP contribution in [0.5, 0.6) is 0 Å². The summed E-state index contributed by atoms with van der Waals surface area (Å²) in [5.74, 6) is 1.27. The highest BCUT2D eigenvalue weighted by Crippen LogP contribution is 2.29. The molecule has 1 aliphatic rings. The summed E-state index contributed by atoms with van der Waals surface area (Å²) in [5, 5.41) is 18.4. The van der Waals surface area contributed by atoms with Crippen molar-refractivity contribution in [2.45, 2.75) is 39.7 Å². The Morgan fingerprint density at radius 2 is 2.30 bits per heavy atom. The van der Waals surface area contributed by atoms with Crippen molar-refractivity contribution in [2.24, 2.45) is 5.92 Å². The molecule has 1 aromatic heterocycles. The zero-order valence-electron chi connectivity index (χ0n) is 12.1. The molecule has 1 heterocycles. The van der Waals surface area contributed by atoms with Gasteiger partial charge in [-0.3, -0.25) is 10.1 Å². The first-order valence-electron chi connectivity index (χ1n) is 7.16. The van der Waals surface area contributed by atoms with E-state index in [-0.39, 0.29) is 10.6 Å². The number of ether oxygens (including phenoxy) is 1. The van der Waals surface area contributed by atoms with Crippen molar-refractivity contribution in [3.63, 3.8) is 0 Å². The molecule has 0 bridgehead atoms. The van der Waals surface area contributed by atoms with Gasteiger partial charge in [0.15, 0.2) is 0 Å². The molecule has 2 rings (SSSR count). The van der Waals surface area contributed by atoms with Crippen LogP contribution in [-0.2, 0) is 11.3 Å². The van der Waals surface area contributed by atoms with Gasteiger partial charge in [-0.05, 0) is 39.0 Å². The molecular weight excluding hydrogens is 260 g/mol. The number of nitrogens with zero attached hydrogens (tertiary/aromatic N) is 3. The van der Waals surface area contributed by atoms with E-state index in [0.717, 1.165) is 18.9 Å². The second kappa shape index (κ2) is 6.69. The second-order valence-corrected chi connectivity index (χ2v) is 5.15. The Kier molecular flexibility index (Phi) is 4.94. The van der Waals surface area contributed by atoms with Gasteiger partial charge in [-0.1, -0.05) is 0 Å². The molecule has 0 unspecified atom stereocenters. The highest BCUT2D eigenvalue weighted by Gasteiger charge is 2.24. The van der Waals surface area contributed by atoms with Gasteiger partial charge in [-0.2, -0.15) is 5.10 Å².